The molecule has 0 nitrogen and oxygen atoms in total. The highest BCUT2D eigenvalue weighted by Gasteiger charge is 2.34. The highest BCUT2D eigenvalue weighted by Crippen LogP contribution is 2.47. The monoisotopic (exact) mass is 1120 g/mol. The minimum Gasteiger partial charge on any atom is -0.0917 e. The SMILES string of the molecule is C/C=C/CCC1CCC(C2CCC(C)CC2)CC1.C/C=C/CCC1CCC(C2CCC(CC)CC2)CC1.C/C=C/CCC1CCC(C2CCC(CCCC)CC2)CC1.C/C=C/CCC1CCC(C2CCC(CCCCC)CC2)CC1.[HH].[HH].[HH].[HH].[HH].[HH].[HH].[HH]. The number of hydrogen-bond donors (Lipinski definition) is 0. The fourth-order valence-electron chi connectivity index (χ4n) is 18.7. The Balaban J connectivity index is -0.000000520. The standard InChI is InChI=1S/C22H40.C21H38.C19H34.C18H32.8H2/c1-3-5-7-9-19-11-15-21(16-12-19)22-17-13-20(14-18-22)10-8-6-4-2;1-3-5-7-9-19-12-16-21(17-13-19)20-14-10-18(11-15-20)8-6-4-2;1-3-5-6-7-17-10-14-19(15-11-17)18-12-8-16(4-2)9-13-18;1-3-4-5-6-16-9-13-18(14-10-16)17-11-7-15(2)8-12-17;;;;;;;;/h3,5,19-22H,4,6-18H2,1-2H3;3,5,18-21H,4,6-17H2,1-2H3;3,5,16-19H,4,6-15H2,1-2H3;3-4,15-18H,5-14H2,1-2H3;8*1H/b3*5-3+;4-3+;;;;;;;;. The van der Waals surface area contributed by atoms with Crippen molar-refractivity contribution in [2.24, 2.45) is 94.7 Å². The van der Waals surface area contributed by atoms with Gasteiger partial charge in [-0.25, -0.2) is 0 Å². The Labute approximate surface area is 516 Å². The van der Waals surface area contributed by atoms with Gasteiger partial charge in [0.05, 0.1) is 0 Å². The van der Waals surface area contributed by atoms with E-state index in [9.17, 15) is 0 Å². The van der Waals surface area contributed by atoms with Crippen LogP contribution in [-0.4, -0.2) is 0 Å². The van der Waals surface area contributed by atoms with E-state index in [0.29, 0.717) is 0 Å². The third-order valence-corrected chi connectivity index (χ3v) is 24.6. The number of rotatable bonds is 24. The molecule has 0 aromatic rings. The molecule has 8 rings (SSSR count). The van der Waals surface area contributed by atoms with Crippen LogP contribution < -0.4 is 0 Å². The summed E-state index contributed by atoms with van der Waals surface area (Å²) in [5.41, 5.74) is 0. The van der Waals surface area contributed by atoms with Crippen molar-refractivity contribution in [1.82, 2.24) is 0 Å². The third-order valence-electron chi connectivity index (χ3n) is 24.6. The zero-order valence-corrected chi connectivity index (χ0v) is 55.8. The minimum atomic E-state index is 0. The van der Waals surface area contributed by atoms with E-state index >= 15 is 0 Å². The zero-order chi connectivity index (χ0) is 56.8. The van der Waals surface area contributed by atoms with Crippen LogP contribution in [0.25, 0.3) is 0 Å². The summed E-state index contributed by atoms with van der Waals surface area (Å²) >= 11 is 0. The number of hydrogen-bond acceptors (Lipinski definition) is 0. The summed E-state index contributed by atoms with van der Waals surface area (Å²) in [7, 11) is 0. The molecule has 0 aliphatic heterocycles. The molecule has 8 aliphatic carbocycles. The van der Waals surface area contributed by atoms with Gasteiger partial charge in [0, 0.05) is 11.4 Å². The van der Waals surface area contributed by atoms with Gasteiger partial charge in [-0.1, -0.05) is 230 Å². The lowest BCUT2D eigenvalue weighted by molar-refractivity contribution is 0.140. The van der Waals surface area contributed by atoms with Gasteiger partial charge < -0.3 is 0 Å². The van der Waals surface area contributed by atoms with Crippen LogP contribution in [0.1, 0.15) is 375 Å². The first-order chi connectivity index (χ1) is 39.3. The molecule has 8 saturated carbocycles. The van der Waals surface area contributed by atoms with Gasteiger partial charge in [-0.15, -0.1) is 0 Å². The summed E-state index contributed by atoms with van der Waals surface area (Å²) in [6.45, 7) is 18.1. The molecule has 0 atom stereocenters. The maximum absolute atomic E-state index is 2.44. The van der Waals surface area contributed by atoms with Crippen LogP contribution in [-0.2, 0) is 0 Å². The molecule has 0 saturated heterocycles. The van der Waals surface area contributed by atoms with Crippen LogP contribution in [0.15, 0.2) is 48.6 Å². The van der Waals surface area contributed by atoms with Crippen molar-refractivity contribution in [2.75, 3.05) is 0 Å². The zero-order valence-electron chi connectivity index (χ0n) is 55.8. The molecule has 0 spiro atoms. The van der Waals surface area contributed by atoms with E-state index in [-0.39, 0.29) is 11.4 Å². The van der Waals surface area contributed by atoms with Gasteiger partial charge in [0.1, 0.15) is 0 Å². The Hall–Kier alpha value is -1.04. The summed E-state index contributed by atoms with van der Waals surface area (Å²) in [4.78, 5) is 0. The van der Waals surface area contributed by atoms with E-state index in [1.165, 1.54) is 193 Å². The summed E-state index contributed by atoms with van der Waals surface area (Å²) in [5, 5.41) is 0. The highest BCUT2D eigenvalue weighted by molar-refractivity contribution is 4.89. The van der Waals surface area contributed by atoms with Crippen LogP contribution in [0.4, 0.5) is 0 Å². The molecule has 80 heavy (non-hydrogen) atoms. The normalized spacial score (nSPS) is 35.5. The Morgan fingerprint density at radius 1 is 0.250 bits per heavy atom. The van der Waals surface area contributed by atoms with Crippen molar-refractivity contribution < 1.29 is 11.4 Å². The molecule has 0 aromatic carbocycles. The molecular weight excluding hydrogens is 961 g/mol. The predicted molar refractivity (Wildman–Crippen MR) is 376 cm³/mol. The molecule has 480 valence electrons. The second-order valence-corrected chi connectivity index (χ2v) is 30.1. The minimum absolute atomic E-state index is 0. The van der Waals surface area contributed by atoms with Gasteiger partial charge in [0.15, 0.2) is 0 Å². The van der Waals surface area contributed by atoms with Gasteiger partial charge in [0.2, 0.25) is 0 Å². The van der Waals surface area contributed by atoms with E-state index < -0.39 is 0 Å². The second kappa shape index (κ2) is 43.6. The van der Waals surface area contributed by atoms with Crippen LogP contribution in [0, 0.1) is 94.7 Å². The van der Waals surface area contributed by atoms with E-state index in [2.05, 4.69) is 104 Å². The van der Waals surface area contributed by atoms with Gasteiger partial charge >= 0.3 is 0 Å². The largest absolute Gasteiger partial charge is 0.0917 e. The first-order valence-corrected chi connectivity index (χ1v) is 37.7. The molecule has 0 radical (unpaired) electrons. The Morgan fingerprint density at radius 2 is 0.463 bits per heavy atom. The van der Waals surface area contributed by atoms with Gasteiger partial charge in [0.25, 0.3) is 0 Å². The van der Waals surface area contributed by atoms with Crippen LogP contribution in [0.5, 0.6) is 0 Å². The topological polar surface area (TPSA) is 0 Å². The van der Waals surface area contributed by atoms with E-state index in [0.717, 1.165) is 94.7 Å². The third kappa shape index (κ3) is 28.0. The first-order valence-electron chi connectivity index (χ1n) is 37.7. The first kappa shape index (κ1) is 69.7. The average molecular weight is 1120 g/mol. The summed E-state index contributed by atoms with van der Waals surface area (Å²) in [6, 6.07) is 0. The molecule has 0 heterocycles. The maximum Gasteiger partial charge on any atom is 0 e. The Kier molecular flexibility index (Phi) is 38.0. The second-order valence-electron chi connectivity index (χ2n) is 30.1. The number of allylic oxidation sites excluding steroid dienone is 8. The molecule has 0 amide bonds. The van der Waals surface area contributed by atoms with Crippen molar-refractivity contribution in [3.8, 4) is 0 Å². The maximum atomic E-state index is 2.44. The van der Waals surface area contributed by atoms with E-state index in [4.69, 9.17) is 0 Å². The summed E-state index contributed by atoms with van der Waals surface area (Å²) < 4.78 is 0. The van der Waals surface area contributed by atoms with E-state index in [1.54, 1.807) is 116 Å². The molecule has 8 fully saturated rings. The molecule has 0 bridgehead atoms. The smallest absolute Gasteiger partial charge is 0 e. The fraction of sp³-hybridized carbons (Fsp3) is 0.900. The summed E-state index contributed by atoms with van der Waals surface area (Å²) in [5.74, 6) is 17.2. The quantitative estimate of drug-likeness (QED) is 0.0667. The molecule has 0 aromatic heterocycles. The lowest BCUT2D eigenvalue weighted by atomic mass is 9.68. The van der Waals surface area contributed by atoms with Crippen molar-refractivity contribution in [2.45, 2.75) is 364 Å². The van der Waals surface area contributed by atoms with Crippen LogP contribution in [0.2, 0.25) is 0 Å². The Bertz CT molecular complexity index is 1550. The molecule has 0 heteroatoms. The van der Waals surface area contributed by atoms with Crippen LogP contribution in [0.3, 0.4) is 0 Å². The molecular formula is C80H160. The Morgan fingerprint density at radius 3 is 0.688 bits per heavy atom. The van der Waals surface area contributed by atoms with Crippen molar-refractivity contribution in [3.05, 3.63) is 48.6 Å². The van der Waals surface area contributed by atoms with Crippen molar-refractivity contribution >= 4 is 0 Å². The van der Waals surface area contributed by atoms with Gasteiger partial charge in [-0.2, -0.15) is 0 Å². The molecule has 8 aliphatic rings. The highest BCUT2D eigenvalue weighted by atomic mass is 14.4. The number of unbranched alkanes of at least 4 members (excludes halogenated alkanes) is 3. The lowest BCUT2D eigenvalue weighted by Gasteiger charge is -2.38. The fourth-order valence-corrected chi connectivity index (χ4v) is 18.7. The van der Waals surface area contributed by atoms with E-state index in [1.807, 2.05) is 0 Å². The predicted octanol–water partition coefficient (Wildman–Crippen LogP) is 29.0. The lowest BCUT2D eigenvalue weighted by Crippen LogP contribution is -2.25. The molecule has 0 unspecified atom stereocenters. The summed E-state index contributed by atoms with van der Waals surface area (Å²) in [6.07, 6.45) is 90.1. The molecule has 0 N–H and O–H groups in total. The van der Waals surface area contributed by atoms with Crippen LogP contribution >= 0.6 is 0 Å². The van der Waals surface area contributed by atoms with Crippen molar-refractivity contribution in [3.63, 3.8) is 0 Å². The van der Waals surface area contributed by atoms with Gasteiger partial charge in [-0.3, -0.25) is 0 Å². The average Bonchev–Trinajstić information content (AvgIpc) is 3.55. The van der Waals surface area contributed by atoms with Crippen molar-refractivity contribution in [1.29, 1.82) is 0 Å². The van der Waals surface area contributed by atoms with Gasteiger partial charge in [-0.05, 0) is 276 Å².